The Morgan fingerprint density at radius 3 is 2.83 bits per heavy atom. The lowest BCUT2D eigenvalue weighted by Gasteiger charge is -2.39. The molecule has 0 aromatic heterocycles. The minimum atomic E-state index is -0.881. The lowest BCUT2D eigenvalue weighted by Crippen LogP contribution is -2.30. The van der Waals surface area contributed by atoms with Crippen LogP contribution in [0.15, 0.2) is 48.6 Å². The summed E-state index contributed by atoms with van der Waals surface area (Å²) in [6, 6.07) is 11.2. The second-order valence-corrected chi connectivity index (χ2v) is 6.99. The molecular formula is C20H18ClNO2. The molecule has 2 aliphatic rings. The summed E-state index contributed by atoms with van der Waals surface area (Å²) in [7, 11) is 0. The lowest BCUT2D eigenvalue weighted by atomic mass is 9.75. The first-order valence-corrected chi connectivity index (χ1v) is 8.49. The third kappa shape index (κ3) is 2.31. The molecule has 3 nitrogen and oxygen atoms in total. The fourth-order valence-corrected chi connectivity index (χ4v) is 4.39. The molecule has 2 aromatic carbocycles. The predicted molar refractivity (Wildman–Crippen MR) is 95.9 cm³/mol. The number of aromatic carboxylic acids is 1. The van der Waals surface area contributed by atoms with E-state index < -0.39 is 5.97 Å². The number of aryl methyl sites for hydroxylation is 1. The van der Waals surface area contributed by atoms with Gasteiger partial charge in [-0.3, -0.25) is 0 Å². The van der Waals surface area contributed by atoms with Crippen LogP contribution >= 0.6 is 11.6 Å². The van der Waals surface area contributed by atoms with Crippen molar-refractivity contribution < 1.29 is 9.90 Å². The van der Waals surface area contributed by atoms with Crippen molar-refractivity contribution in [2.75, 3.05) is 5.32 Å². The monoisotopic (exact) mass is 339 g/mol. The average molecular weight is 340 g/mol. The quantitative estimate of drug-likeness (QED) is 0.742. The first-order chi connectivity index (χ1) is 11.6. The Bertz CT molecular complexity index is 859. The molecule has 0 radical (unpaired) electrons. The van der Waals surface area contributed by atoms with Gasteiger partial charge >= 0.3 is 5.97 Å². The Labute approximate surface area is 146 Å². The van der Waals surface area contributed by atoms with Crippen molar-refractivity contribution in [3.8, 4) is 0 Å². The maximum Gasteiger partial charge on any atom is 0.336 e. The Kier molecular flexibility index (Phi) is 3.61. The van der Waals surface area contributed by atoms with E-state index in [4.69, 9.17) is 11.6 Å². The van der Waals surface area contributed by atoms with E-state index in [-0.39, 0.29) is 12.0 Å². The minimum Gasteiger partial charge on any atom is -0.478 e. The van der Waals surface area contributed by atoms with Crippen molar-refractivity contribution in [3.63, 3.8) is 0 Å². The number of hydrogen-bond donors (Lipinski definition) is 2. The summed E-state index contributed by atoms with van der Waals surface area (Å²) in [5.74, 6) is -0.310. The highest BCUT2D eigenvalue weighted by Crippen LogP contribution is 2.51. The first-order valence-electron chi connectivity index (χ1n) is 8.11. The molecule has 1 heterocycles. The van der Waals surface area contributed by atoms with E-state index in [0.717, 1.165) is 28.3 Å². The third-order valence-corrected chi connectivity index (χ3v) is 5.38. The highest BCUT2D eigenvalue weighted by Gasteiger charge is 2.39. The van der Waals surface area contributed by atoms with E-state index in [0.29, 0.717) is 11.5 Å². The molecule has 0 saturated carbocycles. The van der Waals surface area contributed by atoms with Crippen molar-refractivity contribution in [3.05, 3.63) is 75.8 Å². The summed E-state index contributed by atoms with van der Waals surface area (Å²) in [6.45, 7) is 2.04. The highest BCUT2D eigenvalue weighted by molar-refractivity contribution is 6.30. The number of anilines is 1. The Balaban J connectivity index is 1.86. The molecule has 0 amide bonds. The van der Waals surface area contributed by atoms with Gasteiger partial charge in [-0.15, -0.1) is 0 Å². The number of hydrogen-bond acceptors (Lipinski definition) is 2. The molecule has 1 aliphatic heterocycles. The number of carboxylic acid groups (broad SMARTS) is 1. The van der Waals surface area contributed by atoms with Crippen LogP contribution in [-0.2, 0) is 0 Å². The molecule has 2 N–H and O–H groups in total. The molecule has 0 fully saturated rings. The lowest BCUT2D eigenvalue weighted by molar-refractivity contribution is 0.0694. The standard InChI is InChI=1S/C20H18ClNO2/c1-11-9-12(21)10-17-13-7-4-8-14(13)19(22-18(11)17)15-5-2-3-6-16(15)20(23)24/h2-7,9-10,13-14,19,22H,8H2,1H3,(H,23,24)/t13-,14-,19-/m0/s1. The van der Waals surface area contributed by atoms with Crippen molar-refractivity contribution >= 4 is 23.3 Å². The number of carbonyl (C=O) groups is 1. The second-order valence-electron chi connectivity index (χ2n) is 6.55. The van der Waals surface area contributed by atoms with Crippen LogP contribution in [0.25, 0.3) is 0 Å². The predicted octanol–water partition coefficient (Wildman–Crippen LogP) is 5.17. The van der Waals surface area contributed by atoms with Gasteiger partial charge in [0.25, 0.3) is 0 Å². The minimum absolute atomic E-state index is 0.0234. The largest absolute Gasteiger partial charge is 0.478 e. The molecule has 4 heteroatoms. The molecule has 0 unspecified atom stereocenters. The van der Waals surface area contributed by atoms with Crippen molar-refractivity contribution in [1.29, 1.82) is 0 Å². The van der Waals surface area contributed by atoms with Gasteiger partial charge in [0, 0.05) is 16.6 Å². The fourth-order valence-electron chi connectivity index (χ4n) is 4.11. The molecule has 2 aromatic rings. The molecule has 4 rings (SSSR count). The van der Waals surface area contributed by atoms with Crippen LogP contribution in [0.2, 0.25) is 5.02 Å². The summed E-state index contributed by atoms with van der Waals surface area (Å²) in [4.78, 5) is 11.7. The summed E-state index contributed by atoms with van der Waals surface area (Å²) < 4.78 is 0. The van der Waals surface area contributed by atoms with Gasteiger partial charge in [0.15, 0.2) is 0 Å². The number of rotatable bonds is 2. The molecule has 0 bridgehead atoms. The smallest absolute Gasteiger partial charge is 0.336 e. The number of nitrogens with one attached hydrogen (secondary N) is 1. The number of halogens is 1. The third-order valence-electron chi connectivity index (χ3n) is 5.16. The molecule has 24 heavy (non-hydrogen) atoms. The number of benzene rings is 2. The van der Waals surface area contributed by atoms with E-state index >= 15 is 0 Å². The topological polar surface area (TPSA) is 49.3 Å². The highest BCUT2D eigenvalue weighted by atomic mass is 35.5. The Morgan fingerprint density at radius 1 is 1.25 bits per heavy atom. The zero-order chi connectivity index (χ0) is 16.8. The van der Waals surface area contributed by atoms with Crippen LogP contribution in [-0.4, -0.2) is 11.1 Å². The van der Waals surface area contributed by atoms with Gasteiger partial charge in [0.2, 0.25) is 0 Å². The van der Waals surface area contributed by atoms with Crippen molar-refractivity contribution in [2.24, 2.45) is 5.92 Å². The Hall–Kier alpha value is -2.26. The van der Waals surface area contributed by atoms with Gasteiger partial charge in [-0.25, -0.2) is 4.79 Å². The zero-order valence-electron chi connectivity index (χ0n) is 13.3. The van der Waals surface area contributed by atoms with Crippen LogP contribution in [0.4, 0.5) is 5.69 Å². The zero-order valence-corrected chi connectivity index (χ0v) is 14.0. The summed E-state index contributed by atoms with van der Waals surface area (Å²) >= 11 is 6.26. The van der Waals surface area contributed by atoms with E-state index in [1.165, 1.54) is 5.56 Å². The van der Waals surface area contributed by atoms with Crippen LogP contribution in [0.1, 0.15) is 45.4 Å². The van der Waals surface area contributed by atoms with Gasteiger partial charge in [-0.2, -0.15) is 0 Å². The average Bonchev–Trinajstić information content (AvgIpc) is 3.04. The SMILES string of the molecule is Cc1cc(Cl)cc2c1N[C@H](c1ccccc1C(=O)O)[C@H]1CC=C[C@H]21. The van der Waals surface area contributed by atoms with Crippen LogP contribution in [0.3, 0.4) is 0 Å². The summed E-state index contributed by atoms with van der Waals surface area (Å²) in [5, 5.41) is 13.9. The molecule has 0 spiro atoms. The van der Waals surface area contributed by atoms with Gasteiger partial charge in [-0.1, -0.05) is 42.0 Å². The van der Waals surface area contributed by atoms with Gasteiger partial charge < -0.3 is 10.4 Å². The maximum atomic E-state index is 11.7. The van der Waals surface area contributed by atoms with Gasteiger partial charge in [0.1, 0.15) is 0 Å². The molecule has 3 atom stereocenters. The number of allylic oxidation sites excluding steroid dienone is 2. The normalized spacial score (nSPS) is 24.2. The van der Waals surface area contributed by atoms with E-state index in [9.17, 15) is 9.90 Å². The Morgan fingerprint density at radius 2 is 2.04 bits per heavy atom. The number of fused-ring (bicyclic) bond motifs is 3. The molecule has 0 saturated heterocycles. The van der Waals surface area contributed by atoms with Crippen LogP contribution < -0.4 is 5.32 Å². The van der Waals surface area contributed by atoms with Crippen molar-refractivity contribution in [2.45, 2.75) is 25.3 Å². The van der Waals surface area contributed by atoms with Gasteiger partial charge in [0.05, 0.1) is 11.6 Å². The number of carboxylic acids is 1. The maximum absolute atomic E-state index is 11.7. The van der Waals surface area contributed by atoms with E-state index in [1.54, 1.807) is 12.1 Å². The first kappa shape index (κ1) is 15.3. The summed E-state index contributed by atoms with van der Waals surface area (Å²) in [5.41, 5.74) is 4.61. The summed E-state index contributed by atoms with van der Waals surface area (Å²) in [6.07, 6.45) is 5.36. The van der Waals surface area contributed by atoms with Crippen molar-refractivity contribution in [1.82, 2.24) is 0 Å². The molecule has 122 valence electrons. The van der Waals surface area contributed by atoms with Gasteiger partial charge in [-0.05, 0) is 54.2 Å². The van der Waals surface area contributed by atoms with Crippen LogP contribution in [0, 0.1) is 12.8 Å². The van der Waals surface area contributed by atoms with E-state index in [2.05, 4.69) is 17.5 Å². The second kappa shape index (κ2) is 5.67. The van der Waals surface area contributed by atoms with Crippen LogP contribution in [0.5, 0.6) is 0 Å². The van der Waals surface area contributed by atoms with E-state index in [1.807, 2.05) is 31.2 Å². The molecular weight excluding hydrogens is 322 g/mol. The molecule has 1 aliphatic carbocycles. The fraction of sp³-hybridized carbons (Fsp3) is 0.250.